The third-order valence-electron chi connectivity index (χ3n) is 4.34. The van der Waals surface area contributed by atoms with Crippen LogP contribution in [-0.4, -0.2) is 57.5 Å². The van der Waals surface area contributed by atoms with E-state index in [2.05, 4.69) is 20.1 Å². The molecule has 1 amide bonds. The Labute approximate surface area is 128 Å². The monoisotopic (exact) mass is 307 g/mol. The van der Waals surface area contributed by atoms with Crippen molar-refractivity contribution < 1.29 is 4.79 Å². The average molecular weight is 307 g/mol. The normalized spacial score (nSPS) is 22.6. The summed E-state index contributed by atoms with van der Waals surface area (Å²) in [5, 5.41) is 13.0. The van der Waals surface area contributed by atoms with Gasteiger partial charge >= 0.3 is 0 Å². The van der Waals surface area contributed by atoms with Crippen LogP contribution in [0.15, 0.2) is 5.16 Å². The first kappa shape index (κ1) is 13.6. The van der Waals surface area contributed by atoms with E-state index in [0.717, 1.165) is 37.2 Å². The lowest BCUT2D eigenvalue weighted by Crippen LogP contribution is -2.47. The molecule has 6 nitrogen and oxygen atoms in total. The molecule has 0 bridgehead atoms. The van der Waals surface area contributed by atoms with Crippen molar-refractivity contribution in [2.45, 2.75) is 42.8 Å². The summed E-state index contributed by atoms with van der Waals surface area (Å²) in [6, 6.07) is 0.590. The highest BCUT2D eigenvalue weighted by molar-refractivity contribution is 7.99. The van der Waals surface area contributed by atoms with Crippen molar-refractivity contribution in [3.8, 4) is 0 Å². The Morgan fingerprint density at radius 1 is 1.19 bits per heavy atom. The molecular weight excluding hydrogens is 286 g/mol. The zero-order valence-electron chi connectivity index (χ0n) is 12.1. The molecule has 7 heteroatoms. The standard InChI is InChI=1S/C14H21N5OS/c20-12(18-7-5-15-6-8-18)9-21-14-17-16-13(10-1-2-10)19(14)11-3-4-11/h10-11,15H,1-9H2. The van der Waals surface area contributed by atoms with Gasteiger partial charge < -0.3 is 14.8 Å². The Morgan fingerprint density at radius 2 is 1.95 bits per heavy atom. The molecule has 1 aromatic heterocycles. The van der Waals surface area contributed by atoms with Gasteiger partial charge in [-0.05, 0) is 25.7 Å². The number of piperazine rings is 1. The van der Waals surface area contributed by atoms with Gasteiger partial charge in [0.2, 0.25) is 5.91 Å². The molecule has 0 unspecified atom stereocenters. The molecule has 114 valence electrons. The zero-order valence-corrected chi connectivity index (χ0v) is 12.9. The highest BCUT2D eigenvalue weighted by atomic mass is 32.2. The van der Waals surface area contributed by atoms with Gasteiger partial charge in [-0.15, -0.1) is 10.2 Å². The third kappa shape index (κ3) is 2.94. The molecule has 1 aromatic rings. The van der Waals surface area contributed by atoms with Crippen molar-refractivity contribution in [3.05, 3.63) is 5.82 Å². The van der Waals surface area contributed by atoms with E-state index in [1.54, 1.807) is 11.8 Å². The lowest BCUT2D eigenvalue weighted by molar-refractivity contribution is -0.128. The van der Waals surface area contributed by atoms with Gasteiger partial charge in [0.05, 0.1) is 5.75 Å². The van der Waals surface area contributed by atoms with Crippen LogP contribution >= 0.6 is 11.8 Å². The maximum atomic E-state index is 12.2. The Kier molecular flexibility index (Phi) is 3.62. The summed E-state index contributed by atoms with van der Waals surface area (Å²) < 4.78 is 2.31. The SMILES string of the molecule is O=C(CSc1nnc(C2CC2)n1C1CC1)N1CCNCC1. The van der Waals surface area contributed by atoms with Crippen molar-refractivity contribution in [1.82, 2.24) is 25.0 Å². The lowest BCUT2D eigenvalue weighted by Gasteiger charge is -2.27. The van der Waals surface area contributed by atoms with Crippen LogP contribution in [0.4, 0.5) is 0 Å². The molecule has 0 atom stereocenters. The number of aromatic nitrogens is 3. The van der Waals surface area contributed by atoms with Gasteiger partial charge in [-0.2, -0.15) is 0 Å². The van der Waals surface area contributed by atoms with Crippen molar-refractivity contribution >= 4 is 17.7 Å². The molecule has 0 radical (unpaired) electrons. The molecule has 4 rings (SSSR count). The Morgan fingerprint density at radius 3 is 2.62 bits per heavy atom. The molecule has 1 saturated heterocycles. The highest BCUT2D eigenvalue weighted by Gasteiger charge is 2.36. The predicted octanol–water partition coefficient (Wildman–Crippen LogP) is 1.01. The second-order valence-corrected chi connectivity index (χ2v) is 7.08. The Bertz CT molecular complexity index is 531. The smallest absolute Gasteiger partial charge is 0.233 e. The van der Waals surface area contributed by atoms with E-state index in [9.17, 15) is 4.79 Å². The minimum absolute atomic E-state index is 0.222. The first-order chi connectivity index (χ1) is 10.3. The summed E-state index contributed by atoms with van der Waals surface area (Å²) in [4.78, 5) is 14.2. The van der Waals surface area contributed by atoms with Gasteiger partial charge in [0.15, 0.2) is 5.16 Å². The number of nitrogens with zero attached hydrogens (tertiary/aromatic N) is 4. The van der Waals surface area contributed by atoms with Crippen LogP contribution in [0.1, 0.15) is 43.5 Å². The summed E-state index contributed by atoms with van der Waals surface area (Å²) in [6.45, 7) is 3.45. The van der Waals surface area contributed by atoms with Crippen LogP contribution in [0.5, 0.6) is 0 Å². The minimum Gasteiger partial charge on any atom is -0.339 e. The molecule has 1 aliphatic heterocycles. The quantitative estimate of drug-likeness (QED) is 0.823. The summed E-state index contributed by atoms with van der Waals surface area (Å²) in [5.74, 6) is 2.49. The molecule has 2 aliphatic carbocycles. The number of amides is 1. The topological polar surface area (TPSA) is 63.1 Å². The van der Waals surface area contributed by atoms with Crippen molar-refractivity contribution in [2.75, 3.05) is 31.9 Å². The molecule has 1 N–H and O–H groups in total. The van der Waals surface area contributed by atoms with Gasteiger partial charge in [0.1, 0.15) is 5.82 Å². The molecule has 3 aliphatic rings. The summed E-state index contributed by atoms with van der Waals surface area (Å²) in [6.07, 6.45) is 4.96. The fourth-order valence-electron chi connectivity index (χ4n) is 2.81. The number of rotatable bonds is 5. The van der Waals surface area contributed by atoms with Crippen LogP contribution < -0.4 is 5.32 Å². The molecule has 21 heavy (non-hydrogen) atoms. The van der Waals surface area contributed by atoms with Gasteiger partial charge in [0.25, 0.3) is 0 Å². The lowest BCUT2D eigenvalue weighted by atomic mass is 10.3. The van der Waals surface area contributed by atoms with Gasteiger partial charge in [-0.3, -0.25) is 4.79 Å². The van der Waals surface area contributed by atoms with Crippen molar-refractivity contribution in [1.29, 1.82) is 0 Å². The van der Waals surface area contributed by atoms with Crippen LogP contribution in [0.3, 0.4) is 0 Å². The van der Waals surface area contributed by atoms with E-state index in [1.165, 1.54) is 25.7 Å². The van der Waals surface area contributed by atoms with E-state index in [0.29, 0.717) is 17.7 Å². The number of hydrogen-bond donors (Lipinski definition) is 1. The van der Waals surface area contributed by atoms with Crippen LogP contribution in [-0.2, 0) is 4.79 Å². The van der Waals surface area contributed by atoms with E-state index in [-0.39, 0.29) is 5.91 Å². The van der Waals surface area contributed by atoms with Crippen molar-refractivity contribution in [3.63, 3.8) is 0 Å². The predicted molar refractivity (Wildman–Crippen MR) is 80.4 cm³/mol. The molecular formula is C14H21N5OS. The fraction of sp³-hybridized carbons (Fsp3) is 0.786. The second kappa shape index (κ2) is 5.61. The minimum atomic E-state index is 0.222. The van der Waals surface area contributed by atoms with E-state index >= 15 is 0 Å². The summed E-state index contributed by atoms with van der Waals surface area (Å²) in [5.41, 5.74) is 0. The van der Waals surface area contributed by atoms with Gasteiger partial charge in [-0.1, -0.05) is 11.8 Å². The summed E-state index contributed by atoms with van der Waals surface area (Å²) >= 11 is 1.56. The number of nitrogens with one attached hydrogen (secondary N) is 1. The average Bonchev–Trinajstić information content (AvgIpc) is 3.44. The second-order valence-electron chi connectivity index (χ2n) is 6.14. The maximum Gasteiger partial charge on any atom is 0.233 e. The number of carbonyl (C=O) groups is 1. The van der Waals surface area contributed by atoms with Crippen LogP contribution in [0.25, 0.3) is 0 Å². The van der Waals surface area contributed by atoms with E-state index in [1.807, 2.05) is 4.90 Å². The number of carbonyl (C=O) groups excluding carboxylic acids is 1. The van der Waals surface area contributed by atoms with Gasteiger partial charge in [0, 0.05) is 38.1 Å². The number of hydrogen-bond acceptors (Lipinski definition) is 5. The number of thioether (sulfide) groups is 1. The molecule has 2 heterocycles. The van der Waals surface area contributed by atoms with Crippen LogP contribution in [0, 0.1) is 0 Å². The van der Waals surface area contributed by atoms with Crippen LogP contribution in [0.2, 0.25) is 0 Å². The zero-order chi connectivity index (χ0) is 14.2. The van der Waals surface area contributed by atoms with Crippen molar-refractivity contribution in [2.24, 2.45) is 0 Å². The molecule has 3 fully saturated rings. The first-order valence-corrected chi connectivity index (χ1v) is 8.87. The molecule has 0 spiro atoms. The molecule has 0 aromatic carbocycles. The summed E-state index contributed by atoms with van der Waals surface area (Å²) in [7, 11) is 0. The maximum absolute atomic E-state index is 12.2. The molecule has 2 saturated carbocycles. The van der Waals surface area contributed by atoms with Gasteiger partial charge in [-0.25, -0.2) is 0 Å². The van der Waals surface area contributed by atoms with E-state index < -0.39 is 0 Å². The largest absolute Gasteiger partial charge is 0.339 e. The Hall–Kier alpha value is -1.08. The highest BCUT2D eigenvalue weighted by Crippen LogP contribution is 2.45. The van der Waals surface area contributed by atoms with E-state index in [4.69, 9.17) is 0 Å². The third-order valence-corrected chi connectivity index (χ3v) is 5.27. The fourth-order valence-corrected chi connectivity index (χ4v) is 3.73. The first-order valence-electron chi connectivity index (χ1n) is 7.89. The Balaban J connectivity index is 1.41.